The van der Waals surface area contributed by atoms with Crippen LogP contribution in [0.4, 0.5) is 27.6 Å². The first-order chi connectivity index (χ1) is 14.1. The highest BCUT2D eigenvalue weighted by Crippen LogP contribution is 2.43. The zero-order valence-corrected chi connectivity index (χ0v) is 16.2. The fraction of sp³-hybridized carbons (Fsp3) is 0.524. The van der Waals surface area contributed by atoms with Crippen molar-refractivity contribution < 1.29 is 31.5 Å². The van der Waals surface area contributed by atoms with Crippen molar-refractivity contribution in [3.63, 3.8) is 0 Å². The lowest BCUT2D eigenvalue weighted by Crippen LogP contribution is -2.45. The Balaban J connectivity index is 1.73. The number of aliphatic hydroxyl groups is 1. The van der Waals surface area contributed by atoms with Gasteiger partial charge in [-0.15, -0.1) is 0 Å². The first-order valence-electron chi connectivity index (χ1n) is 9.94. The van der Waals surface area contributed by atoms with Crippen LogP contribution in [0.25, 0.3) is 16.7 Å². The summed E-state index contributed by atoms with van der Waals surface area (Å²) in [4.78, 5) is 1.40. The van der Waals surface area contributed by atoms with Crippen LogP contribution in [-0.4, -0.2) is 36.8 Å². The van der Waals surface area contributed by atoms with Gasteiger partial charge in [-0.3, -0.25) is 0 Å². The van der Waals surface area contributed by atoms with Gasteiger partial charge in [-0.2, -0.15) is 13.2 Å². The summed E-state index contributed by atoms with van der Waals surface area (Å²) in [6.07, 6.45) is -4.03. The molecule has 2 N–H and O–H groups in total. The number of fused-ring (bicyclic) bond motifs is 3. The molecule has 1 aromatic carbocycles. The Bertz CT molecular complexity index is 945. The molecule has 30 heavy (non-hydrogen) atoms. The molecule has 1 fully saturated rings. The van der Waals surface area contributed by atoms with E-state index < -0.39 is 36.2 Å². The molecule has 1 saturated carbocycles. The number of nitrogens with zero attached hydrogens (tertiary/aromatic N) is 1. The van der Waals surface area contributed by atoms with E-state index in [0.29, 0.717) is 25.1 Å². The summed E-state index contributed by atoms with van der Waals surface area (Å²) >= 11 is 0. The molecule has 2 aromatic rings. The average molecular weight is 430 g/mol. The fourth-order valence-corrected chi connectivity index (χ4v) is 4.35. The highest BCUT2D eigenvalue weighted by Gasteiger charge is 2.44. The minimum Gasteiger partial charge on any atom is -0.452 e. The minimum atomic E-state index is -4.56. The predicted octanol–water partition coefficient (Wildman–Crippen LogP) is 5.02. The first-order valence-corrected chi connectivity index (χ1v) is 9.94. The highest BCUT2D eigenvalue weighted by molar-refractivity contribution is 5.98. The SMILES string of the molecule is C=C1NCCN(CC(F)(F)C2CCC(O)CC2)c2c1oc1ccc(C(F)(F)F)cc21. The van der Waals surface area contributed by atoms with Crippen LogP contribution in [-0.2, 0) is 6.18 Å². The second-order valence-corrected chi connectivity index (χ2v) is 8.08. The summed E-state index contributed by atoms with van der Waals surface area (Å²) < 4.78 is 75.7. The molecule has 2 heterocycles. The van der Waals surface area contributed by atoms with E-state index in [-0.39, 0.29) is 41.8 Å². The molecule has 0 atom stereocenters. The Morgan fingerprint density at radius 1 is 1.13 bits per heavy atom. The number of hydrogen-bond acceptors (Lipinski definition) is 4. The van der Waals surface area contributed by atoms with Crippen LogP contribution >= 0.6 is 0 Å². The van der Waals surface area contributed by atoms with E-state index >= 15 is 8.78 Å². The lowest BCUT2D eigenvalue weighted by atomic mass is 9.83. The predicted molar refractivity (Wildman–Crippen MR) is 103 cm³/mol. The molecule has 0 unspecified atom stereocenters. The highest BCUT2D eigenvalue weighted by atomic mass is 19.4. The maximum absolute atomic E-state index is 15.1. The summed E-state index contributed by atoms with van der Waals surface area (Å²) in [5.74, 6) is -3.77. The Labute approximate surface area is 170 Å². The third kappa shape index (κ3) is 3.87. The number of aliphatic hydroxyl groups excluding tert-OH is 1. The van der Waals surface area contributed by atoms with Crippen LogP contribution < -0.4 is 10.2 Å². The van der Waals surface area contributed by atoms with Gasteiger partial charge in [0.2, 0.25) is 0 Å². The molecule has 2 aliphatic rings. The normalized spacial score (nSPS) is 23.3. The van der Waals surface area contributed by atoms with Crippen molar-refractivity contribution >= 4 is 22.4 Å². The van der Waals surface area contributed by atoms with Crippen molar-refractivity contribution in [2.75, 3.05) is 24.5 Å². The van der Waals surface area contributed by atoms with Crippen LogP contribution in [0.3, 0.4) is 0 Å². The third-order valence-electron chi connectivity index (χ3n) is 6.00. The van der Waals surface area contributed by atoms with Crippen LogP contribution in [0.15, 0.2) is 29.2 Å². The van der Waals surface area contributed by atoms with E-state index in [1.54, 1.807) is 0 Å². The fourth-order valence-electron chi connectivity index (χ4n) is 4.35. The quantitative estimate of drug-likeness (QED) is 0.672. The standard InChI is InChI=1S/C21H23F5N2O2/c1-12-19-18(16-10-14(21(24,25)26)4-7-17(16)30-19)28(9-8-27-12)11-20(22,23)13-2-5-15(29)6-3-13/h4,7,10,13,15,27,29H,1-3,5-6,8-9,11H2. The second kappa shape index (κ2) is 7.44. The molecule has 0 radical (unpaired) electrons. The van der Waals surface area contributed by atoms with Crippen molar-refractivity contribution in [1.29, 1.82) is 0 Å². The Morgan fingerprint density at radius 3 is 2.50 bits per heavy atom. The van der Waals surface area contributed by atoms with E-state index in [0.717, 1.165) is 12.1 Å². The van der Waals surface area contributed by atoms with Gasteiger partial charge in [0.1, 0.15) is 5.58 Å². The van der Waals surface area contributed by atoms with Crippen molar-refractivity contribution in [2.24, 2.45) is 5.92 Å². The van der Waals surface area contributed by atoms with Crippen LogP contribution in [0, 0.1) is 5.92 Å². The van der Waals surface area contributed by atoms with Crippen LogP contribution in [0.1, 0.15) is 37.0 Å². The molecule has 1 aliphatic carbocycles. The van der Waals surface area contributed by atoms with Gasteiger partial charge in [0.15, 0.2) is 5.76 Å². The van der Waals surface area contributed by atoms with Crippen molar-refractivity contribution in [1.82, 2.24) is 5.32 Å². The van der Waals surface area contributed by atoms with Gasteiger partial charge < -0.3 is 19.7 Å². The number of rotatable bonds is 3. The molecule has 1 aliphatic heterocycles. The van der Waals surface area contributed by atoms with Gasteiger partial charge >= 0.3 is 6.18 Å². The Hall–Kier alpha value is -2.29. The largest absolute Gasteiger partial charge is 0.452 e. The number of nitrogens with one attached hydrogen (secondary N) is 1. The lowest BCUT2D eigenvalue weighted by molar-refractivity contribution is -0.137. The summed E-state index contributed by atoms with van der Waals surface area (Å²) in [5, 5.41) is 12.7. The van der Waals surface area contributed by atoms with Crippen LogP contribution in [0.2, 0.25) is 0 Å². The van der Waals surface area contributed by atoms with Crippen molar-refractivity contribution in [2.45, 2.75) is 43.9 Å². The third-order valence-corrected chi connectivity index (χ3v) is 6.00. The summed E-state index contributed by atoms with van der Waals surface area (Å²) in [6, 6.07) is 3.06. The number of benzene rings is 1. The van der Waals surface area contributed by atoms with Crippen molar-refractivity contribution in [3.8, 4) is 0 Å². The lowest BCUT2D eigenvalue weighted by Gasteiger charge is -2.35. The smallest absolute Gasteiger partial charge is 0.416 e. The molecule has 4 nitrogen and oxygen atoms in total. The number of halogens is 5. The zero-order chi connectivity index (χ0) is 21.7. The van der Waals surface area contributed by atoms with E-state index in [9.17, 15) is 18.3 Å². The molecule has 0 spiro atoms. The van der Waals surface area contributed by atoms with E-state index in [2.05, 4.69) is 11.9 Å². The van der Waals surface area contributed by atoms with Gasteiger partial charge in [0.25, 0.3) is 5.92 Å². The maximum Gasteiger partial charge on any atom is 0.416 e. The second-order valence-electron chi connectivity index (χ2n) is 8.08. The monoisotopic (exact) mass is 430 g/mol. The molecule has 0 bridgehead atoms. The van der Waals surface area contributed by atoms with E-state index in [1.807, 2.05) is 0 Å². The number of furan rings is 1. The zero-order valence-electron chi connectivity index (χ0n) is 16.2. The molecule has 164 valence electrons. The van der Waals surface area contributed by atoms with Crippen molar-refractivity contribution in [3.05, 3.63) is 36.1 Å². The molecular weight excluding hydrogens is 407 g/mol. The summed E-state index contributed by atoms with van der Waals surface area (Å²) in [6.45, 7) is 3.68. The molecule has 4 rings (SSSR count). The van der Waals surface area contributed by atoms with Crippen LogP contribution in [0.5, 0.6) is 0 Å². The number of hydrogen-bond donors (Lipinski definition) is 2. The van der Waals surface area contributed by atoms with E-state index in [4.69, 9.17) is 4.42 Å². The van der Waals surface area contributed by atoms with Gasteiger partial charge in [-0.1, -0.05) is 6.58 Å². The Morgan fingerprint density at radius 2 is 1.83 bits per heavy atom. The van der Waals surface area contributed by atoms with Gasteiger partial charge in [0.05, 0.1) is 29.6 Å². The molecule has 0 saturated heterocycles. The molecule has 0 amide bonds. The summed E-state index contributed by atoms with van der Waals surface area (Å²) in [5.41, 5.74) is -0.121. The van der Waals surface area contributed by atoms with Gasteiger partial charge in [-0.05, 0) is 43.9 Å². The first kappa shape index (κ1) is 21.0. The average Bonchev–Trinajstić information content (AvgIpc) is 2.98. The topological polar surface area (TPSA) is 48.6 Å². The number of anilines is 1. The Kier molecular flexibility index (Phi) is 5.20. The van der Waals surface area contributed by atoms with Gasteiger partial charge in [0, 0.05) is 24.4 Å². The number of alkyl halides is 5. The molecule has 9 heteroatoms. The molecular formula is C21H23F5N2O2. The maximum atomic E-state index is 15.1. The van der Waals surface area contributed by atoms with E-state index in [1.165, 1.54) is 11.0 Å². The minimum absolute atomic E-state index is 0.138. The van der Waals surface area contributed by atoms with Gasteiger partial charge in [-0.25, -0.2) is 8.78 Å². The summed E-state index contributed by atoms with van der Waals surface area (Å²) in [7, 11) is 0. The molecule has 1 aromatic heterocycles.